The second-order valence-corrected chi connectivity index (χ2v) is 3.40. The van der Waals surface area contributed by atoms with E-state index in [-0.39, 0.29) is 5.91 Å². The van der Waals surface area contributed by atoms with Crippen molar-refractivity contribution in [3.8, 4) is 0 Å². The van der Waals surface area contributed by atoms with Gasteiger partial charge < -0.3 is 10.6 Å². The lowest BCUT2D eigenvalue weighted by Crippen LogP contribution is -2.31. The van der Waals surface area contributed by atoms with Gasteiger partial charge in [-0.25, -0.2) is 9.98 Å². The standard InChI is InChI=1S/C11H8N4O/c16-11-7-5-12-6-13-10(7)14-8-3-1-2-4-9(8)15-11/h1-6H,(H,15,16)(H,12,13,14). The summed E-state index contributed by atoms with van der Waals surface area (Å²) in [5, 5.41) is 5.65. The van der Waals surface area contributed by atoms with E-state index in [0.29, 0.717) is 17.1 Å². The van der Waals surface area contributed by atoms with Gasteiger partial charge in [-0.3, -0.25) is 4.79 Å². The van der Waals surface area contributed by atoms with E-state index in [9.17, 15) is 4.79 Å². The van der Waals surface area contributed by atoms with Crippen molar-refractivity contribution in [1.29, 1.82) is 0 Å². The zero-order valence-corrected chi connectivity index (χ0v) is 8.27. The minimum absolute atomic E-state index is 0.201. The summed E-state index contributed by atoms with van der Waals surface area (Å²) >= 11 is 0. The maximum absolute atomic E-state index is 11.8. The van der Waals surface area contributed by atoms with Gasteiger partial charge in [0.25, 0.3) is 5.91 Å². The fraction of sp³-hybridized carbons (Fsp3) is 0. The second kappa shape index (κ2) is 3.30. The molecule has 1 aromatic rings. The van der Waals surface area contributed by atoms with Gasteiger partial charge in [-0.05, 0) is 12.1 Å². The predicted octanol–water partition coefficient (Wildman–Crippen LogP) is 1.18. The molecule has 0 saturated carbocycles. The monoisotopic (exact) mass is 212 g/mol. The number of rotatable bonds is 0. The van der Waals surface area contributed by atoms with E-state index in [1.807, 2.05) is 24.3 Å². The molecule has 78 valence electrons. The number of anilines is 1. The number of amidine groups is 1. The van der Waals surface area contributed by atoms with Gasteiger partial charge in [-0.1, -0.05) is 12.1 Å². The molecular weight excluding hydrogens is 204 g/mol. The first kappa shape index (κ1) is 8.84. The summed E-state index contributed by atoms with van der Waals surface area (Å²) < 4.78 is 0. The molecule has 5 nitrogen and oxygen atoms in total. The van der Waals surface area contributed by atoms with Crippen molar-refractivity contribution < 1.29 is 4.79 Å². The Labute approximate surface area is 91.6 Å². The molecule has 0 radical (unpaired) electrons. The largest absolute Gasteiger partial charge is 0.330 e. The Morgan fingerprint density at radius 3 is 3.00 bits per heavy atom. The lowest BCUT2D eigenvalue weighted by Gasteiger charge is -2.08. The van der Waals surface area contributed by atoms with E-state index >= 15 is 0 Å². The first-order valence-electron chi connectivity index (χ1n) is 4.82. The van der Waals surface area contributed by atoms with E-state index in [4.69, 9.17) is 0 Å². The average Bonchev–Trinajstić information content (AvgIpc) is 2.45. The zero-order chi connectivity index (χ0) is 11.0. The van der Waals surface area contributed by atoms with Crippen LogP contribution in [-0.4, -0.2) is 18.1 Å². The molecule has 1 amide bonds. The molecule has 0 atom stereocenters. The van der Waals surface area contributed by atoms with Crippen molar-refractivity contribution in [1.82, 2.24) is 5.32 Å². The molecule has 0 unspecified atom stereocenters. The molecule has 0 spiro atoms. The Balaban J connectivity index is 2.18. The highest BCUT2D eigenvalue weighted by molar-refractivity contribution is 6.29. The number of aliphatic imine (C=N–C) groups is 2. The maximum Gasteiger partial charge on any atom is 0.261 e. The molecule has 2 heterocycles. The molecular formula is C11H8N4O. The van der Waals surface area contributed by atoms with Gasteiger partial charge in [0.15, 0.2) is 0 Å². The molecule has 0 aliphatic carbocycles. The fourth-order valence-electron chi connectivity index (χ4n) is 1.59. The Kier molecular flexibility index (Phi) is 1.83. The number of hydrogen-bond donors (Lipinski definition) is 2. The smallest absolute Gasteiger partial charge is 0.261 e. The van der Waals surface area contributed by atoms with Crippen LogP contribution in [0.2, 0.25) is 0 Å². The van der Waals surface area contributed by atoms with Gasteiger partial charge in [0.05, 0.1) is 17.7 Å². The summed E-state index contributed by atoms with van der Waals surface area (Å²) in [6.45, 7) is 0. The molecule has 0 saturated heterocycles. The van der Waals surface area contributed by atoms with Gasteiger partial charge in [0.1, 0.15) is 11.4 Å². The highest BCUT2D eigenvalue weighted by Gasteiger charge is 2.22. The molecule has 0 bridgehead atoms. The van der Waals surface area contributed by atoms with Crippen molar-refractivity contribution in [2.24, 2.45) is 9.98 Å². The Morgan fingerprint density at radius 1 is 1.19 bits per heavy atom. The number of hydrogen-bond acceptors (Lipinski definition) is 4. The molecule has 16 heavy (non-hydrogen) atoms. The molecule has 3 rings (SSSR count). The Morgan fingerprint density at radius 2 is 2.06 bits per heavy atom. The highest BCUT2D eigenvalue weighted by Crippen LogP contribution is 2.28. The maximum atomic E-state index is 11.8. The SMILES string of the molecule is O=C1Nc2ccccc2N=C2NC=NC=C12. The van der Waals surface area contributed by atoms with Crippen LogP contribution in [0.3, 0.4) is 0 Å². The van der Waals surface area contributed by atoms with Crippen LogP contribution in [0.1, 0.15) is 0 Å². The summed E-state index contributed by atoms with van der Waals surface area (Å²) in [4.78, 5) is 20.1. The Bertz CT molecular complexity index is 557. The van der Waals surface area contributed by atoms with Crippen molar-refractivity contribution in [3.05, 3.63) is 36.0 Å². The van der Waals surface area contributed by atoms with E-state index in [1.165, 1.54) is 12.5 Å². The summed E-state index contributed by atoms with van der Waals surface area (Å²) in [5.41, 5.74) is 1.88. The topological polar surface area (TPSA) is 65.8 Å². The van der Waals surface area contributed by atoms with Gasteiger partial charge in [-0.2, -0.15) is 0 Å². The van der Waals surface area contributed by atoms with Crippen LogP contribution < -0.4 is 10.6 Å². The number of amides is 1. The fourth-order valence-corrected chi connectivity index (χ4v) is 1.59. The molecule has 0 aromatic heterocycles. The van der Waals surface area contributed by atoms with Crippen LogP contribution in [0.25, 0.3) is 0 Å². The van der Waals surface area contributed by atoms with Crippen LogP contribution in [0.5, 0.6) is 0 Å². The Hall–Kier alpha value is -2.43. The lowest BCUT2D eigenvalue weighted by atomic mass is 10.2. The van der Waals surface area contributed by atoms with Gasteiger partial charge in [-0.15, -0.1) is 0 Å². The van der Waals surface area contributed by atoms with E-state index in [2.05, 4.69) is 20.6 Å². The van der Waals surface area contributed by atoms with Crippen LogP contribution in [0.4, 0.5) is 11.4 Å². The van der Waals surface area contributed by atoms with Crippen LogP contribution in [-0.2, 0) is 4.79 Å². The van der Waals surface area contributed by atoms with Crippen LogP contribution in [0.15, 0.2) is 46.0 Å². The van der Waals surface area contributed by atoms with Gasteiger partial charge >= 0.3 is 0 Å². The number of carbonyl (C=O) groups excluding carboxylic acids is 1. The first-order valence-corrected chi connectivity index (χ1v) is 4.82. The molecule has 5 heteroatoms. The highest BCUT2D eigenvalue weighted by atomic mass is 16.1. The quantitative estimate of drug-likeness (QED) is 0.678. The average molecular weight is 212 g/mol. The lowest BCUT2D eigenvalue weighted by molar-refractivity contribution is -0.112. The third-order valence-electron chi connectivity index (χ3n) is 2.36. The predicted molar refractivity (Wildman–Crippen MR) is 61.9 cm³/mol. The molecule has 2 aliphatic rings. The minimum Gasteiger partial charge on any atom is -0.330 e. The number of benzene rings is 1. The van der Waals surface area contributed by atoms with E-state index in [1.54, 1.807) is 0 Å². The van der Waals surface area contributed by atoms with E-state index in [0.717, 1.165) is 5.69 Å². The normalized spacial score (nSPS) is 17.1. The minimum atomic E-state index is -0.201. The van der Waals surface area contributed by atoms with Crippen molar-refractivity contribution in [3.63, 3.8) is 0 Å². The van der Waals surface area contributed by atoms with Crippen molar-refractivity contribution >= 4 is 29.5 Å². The molecule has 0 fully saturated rings. The van der Waals surface area contributed by atoms with Crippen LogP contribution in [0, 0.1) is 0 Å². The zero-order valence-electron chi connectivity index (χ0n) is 8.27. The summed E-state index contributed by atoms with van der Waals surface area (Å²) in [6, 6.07) is 7.39. The number of nitrogens with zero attached hydrogens (tertiary/aromatic N) is 2. The summed E-state index contributed by atoms with van der Waals surface area (Å²) in [7, 11) is 0. The summed E-state index contributed by atoms with van der Waals surface area (Å²) in [6.07, 6.45) is 3.00. The van der Waals surface area contributed by atoms with Gasteiger partial charge in [0, 0.05) is 6.20 Å². The van der Waals surface area contributed by atoms with Crippen molar-refractivity contribution in [2.45, 2.75) is 0 Å². The van der Waals surface area contributed by atoms with E-state index < -0.39 is 0 Å². The van der Waals surface area contributed by atoms with Gasteiger partial charge in [0.2, 0.25) is 0 Å². The van der Waals surface area contributed by atoms with Crippen molar-refractivity contribution in [2.75, 3.05) is 5.32 Å². The third kappa shape index (κ3) is 1.30. The van der Waals surface area contributed by atoms with Crippen LogP contribution >= 0.6 is 0 Å². The number of para-hydroxylation sites is 2. The number of carbonyl (C=O) groups is 1. The number of nitrogens with one attached hydrogen (secondary N) is 2. The third-order valence-corrected chi connectivity index (χ3v) is 2.36. The first-order chi connectivity index (χ1) is 7.84. The molecule has 2 aliphatic heterocycles. The summed E-state index contributed by atoms with van der Waals surface area (Å²) in [5.74, 6) is 0.325. The molecule has 2 N–H and O–H groups in total. The number of fused-ring (bicyclic) bond motifs is 2. The molecule has 1 aromatic carbocycles. The second-order valence-electron chi connectivity index (χ2n) is 3.40.